The van der Waals surface area contributed by atoms with Gasteiger partial charge in [0.2, 0.25) is 15.9 Å². The number of amides is 1. The molecule has 222 valence electrons. The van der Waals surface area contributed by atoms with Gasteiger partial charge in [-0.1, -0.05) is 23.8 Å². The maximum atomic E-state index is 13.9. The van der Waals surface area contributed by atoms with Crippen molar-refractivity contribution >= 4 is 15.9 Å². The number of carbonyl (C=O) groups excluding carboxylic acids is 1. The minimum absolute atomic E-state index is 0.191. The summed E-state index contributed by atoms with van der Waals surface area (Å²) < 4.78 is 45.4. The molecule has 0 saturated carbocycles. The Hall–Kier alpha value is -3.34. The van der Waals surface area contributed by atoms with Crippen LogP contribution in [-0.2, 0) is 27.8 Å². The molecule has 41 heavy (non-hydrogen) atoms. The molecule has 2 aromatic carbocycles. The van der Waals surface area contributed by atoms with Gasteiger partial charge in [-0.2, -0.15) is 4.31 Å². The van der Waals surface area contributed by atoms with Crippen LogP contribution in [0.25, 0.3) is 0 Å². The molecule has 0 aliphatic carbocycles. The zero-order valence-corrected chi connectivity index (χ0v) is 25.3. The van der Waals surface area contributed by atoms with Crippen molar-refractivity contribution in [1.82, 2.24) is 14.1 Å². The van der Waals surface area contributed by atoms with Crippen LogP contribution in [0.3, 0.4) is 0 Å². The van der Waals surface area contributed by atoms with E-state index in [-0.39, 0.29) is 30.4 Å². The molecule has 2 heterocycles. The van der Waals surface area contributed by atoms with E-state index in [4.69, 9.17) is 13.9 Å². The second-order valence-corrected chi connectivity index (χ2v) is 12.4. The van der Waals surface area contributed by atoms with Gasteiger partial charge in [-0.25, -0.2) is 8.42 Å². The first kappa shape index (κ1) is 30.6. The molecular formula is C31H41N3O6S. The number of hydrogen-bond donors (Lipinski definition) is 0. The molecule has 3 aromatic rings. The van der Waals surface area contributed by atoms with Gasteiger partial charge in [0.25, 0.3) is 0 Å². The molecule has 1 amide bonds. The summed E-state index contributed by atoms with van der Waals surface area (Å²) in [6.45, 7) is 6.85. The molecule has 0 unspecified atom stereocenters. The lowest BCUT2D eigenvalue weighted by Crippen LogP contribution is -2.45. The smallest absolute Gasteiger partial charge is 0.243 e. The van der Waals surface area contributed by atoms with E-state index in [9.17, 15) is 13.2 Å². The van der Waals surface area contributed by atoms with Crippen molar-refractivity contribution in [1.29, 1.82) is 0 Å². The summed E-state index contributed by atoms with van der Waals surface area (Å²) in [4.78, 5) is 18.0. The Morgan fingerprint density at radius 3 is 2.27 bits per heavy atom. The van der Waals surface area contributed by atoms with Gasteiger partial charge in [0, 0.05) is 19.6 Å². The predicted molar refractivity (Wildman–Crippen MR) is 158 cm³/mol. The van der Waals surface area contributed by atoms with Gasteiger partial charge in [0.05, 0.1) is 32.2 Å². The highest BCUT2D eigenvalue weighted by Gasteiger charge is 2.29. The molecule has 0 bridgehead atoms. The fraction of sp³-hybridized carbons (Fsp3) is 0.452. The van der Waals surface area contributed by atoms with Gasteiger partial charge in [0.15, 0.2) is 11.5 Å². The van der Waals surface area contributed by atoms with Crippen LogP contribution in [0.15, 0.2) is 63.9 Å². The molecule has 0 radical (unpaired) electrons. The van der Waals surface area contributed by atoms with Crippen molar-refractivity contribution in [2.45, 2.75) is 44.6 Å². The average molecular weight is 584 g/mol. The quantitative estimate of drug-likeness (QED) is 0.280. The number of methoxy groups -OCH3 is 2. The Balaban J connectivity index is 1.56. The monoisotopic (exact) mass is 583 g/mol. The first-order chi connectivity index (χ1) is 19.7. The topological polar surface area (TPSA) is 92.5 Å². The van der Waals surface area contributed by atoms with E-state index in [0.717, 1.165) is 42.8 Å². The van der Waals surface area contributed by atoms with Crippen LogP contribution in [0.1, 0.15) is 35.5 Å². The lowest BCUT2D eigenvalue weighted by atomic mass is 10.1. The lowest BCUT2D eigenvalue weighted by molar-refractivity contribution is -0.132. The highest BCUT2D eigenvalue weighted by molar-refractivity contribution is 7.89. The summed E-state index contributed by atoms with van der Waals surface area (Å²) in [5.41, 5.74) is 1.94. The molecule has 1 saturated heterocycles. The Labute approximate surface area is 243 Å². The van der Waals surface area contributed by atoms with Crippen LogP contribution >= 0.6 is 0 Å². The van der Waals surface area contributed by atoms with Gasteiger partial charge < -0.3 is 23.7 Å². The van der Waals surface area contributed by atoms with E-state index < -0.39 is 10.0 Å². The Morgan fingerprint density at radius 2 is 1.63 bits per heavy atom. The fourth-order valence-corrected chi connectivity index (χ4v) is 6.38. The molecular weight excluding hydrogens is 542 g/mol. The Kier molecular flexibility index (Phi) is 10.5. The van der Waals surface area contributed by atoms with E-state index in [2.05, 4.69) is 4.90 Å². The van der Waals surface area contributed by atoms with Gasteiger partial charge in [-0.3, -0.25) is 4.79 Å². The third-order valence-electron chi connectivity index (χ3n) is 7.45. The van der Waals surface area contributed by atoms with Gasteiger partial charge in [-0.05, 0) is 88.2 Å². The summed E-state index contributed by atoms with van der Waals surface area (Å²) in [7, 11) is -0.713. The number of ether oxygens (including phenoxy) is 2. The second-order valence-electron chi connectivity index (χ2n) is 10.5. The normalized spacial score (nSPS) is 14.0. The first-order valence-corrected chi connectivity index (χ1v) is 15.5. The Morgan fingerprint density at radius 1 is 0.927 bits per heavy atom. The number of benzene rings is 2. The van der Waals surface area contributed by atoms with E-state index in [0.29, 0.717) is 36.8 Å². The van der Waals surface area contributed by atoms with Crippen molar-refractivity contribution in [2.24, 2.45) is 0 Å². The molecule has 1 aliphatic rings. The summed E-state index contributed by atoms with van der Waals surface area (Å²) >= 11 is 0. The van der Waals surface area contributed by atoms with Crippen molar-refractivity contribution in [3.63, 3.8) is 0 Å². The van der Waals surface area contributed by atoms with E-state index in [1.54, 1.807) is 43.4 Å². The number of sulfonamides is 1. The Bertz CT molecular complexity index is 1400. The van der Waals surface area contributed by atoms with E-state index in [1.807, 2.05) is 44.2 Å². The summed E-state index contributed by atoms with van der Waals surface area (Å²) in [5, 5.41) is 0. The molecule has 1 fully saturated rings. The lowest BCUT2D eigenvalue weighted by Gasteiger charge is -2.28. The fourth-order valence-electron chi connectivity index (χ4n) is 5.00. The SMILES string of the molecule is COc1ccc(CCN(Cc2ccc(C)o2)C(=O)CN(CCN2CCCC2)S(=O)(=O)c2ccc(C)cc2)cc1OC. The van der Waals surface area contributed by atoms with Gasteiger partial charge in [0.1, 0.15) is 11.5 Å². The summed E-state index contributed by atoms with van der Waals surface area (Å²) in [6.07, 6.45) is 2.76. The maximum Gasteiger partial charge on any atom is 0.243 e. The van der Waals surface area contributed by atoms with Crippen LogP contribution in [0.5, 0.6) is 11.5 Å². The second kappa shape index (κ2) is 14.0. The number of likely N-dealkylation sites (tertiary alicyclic amines) is 1. The minimum Gasteiger partial charge on any atom is -0.493 e. The number of aryl methyl sites for hydroxylation is 2. The zero-order valence-electron chi connectivity index (χ0n) is 24.5. The largest absolute Gasteiger partial charge is 0.493 e. The van der Waals surface area contributed by atoms with E-state index >= 15 is 0 Å². The van der Waals surface area contributed by atoms with Gasteiger partial charge >= 0.3 is 0 Å². The third kappa shape index (κ3) is 8.12. The number of carbonyl (C=O) groups is 1. The molecule has 1 aromatic heterocycles. The minimum atomic E-state index is -3.89. The average Bonchev–Trinajstić information content (AvgIpc) is 3.64. The molecule has 9 nitrogen and oxygen atoms in total. The van der Waals surface area contributed by atoms with Crippen molar-refractivity contribution in [3.05, 3.63) is 77.2 Å². The van der Waals surface area contributed by atoms with E-state index in [1.165, 1.54) is 4.31 Å². The van der Waals surface area contributed by atoms with Crippen molar-refractivity contribution in [2.75, 3.05) is 53.5 Å². The van der Waals surface area contributed by atoms with Gasteiger partial charge in [-0.15, -0.1) is 0 Å². The molecule has 0 N–H and O–H groups in total. The number of nitrogens with zero attached hydrogens (tertiary/aromatic N) is 3. The van der Waals surface area contributed by atoms with Crippen molar-refractivity contribution in [3.8, 4) is 11.5 Å². The third-order valence-corrected chi connectivity index (χ3v) is 9.31. The highest BCUT2D eigenvalue weighted by atomic mass is 32.2. The molecule has 4 rings (SSSR count). The maximum absolute atomic E-state index is 13.9. The highest BCUT2D eigenvalue weighted by Crippen LogP contribution is 2.28. The summed E-state index contributed by atoms with van der Waals surface area (Å²) in [6, 6.07) is 16.1. The predicted octanol–water partition coefficient (Wildman–Crippen LogP) is 4.27. The zero-order chi connectivity index (χ0) is 29.4. The van der Waals surface area contributed by atoms with Crippen LogP contribution < -0.4 is 9.47 Å². The number of furan rings is 1. The number of rotatable bonds is 14. The molecule has 0 atom stereocenters. The standard InChI is InChI=1S/C31H41N3O6S/c1-24-7-12-28(13-8-24)41(36,37)34(20-19-32-16-5-6-17-32)23-31(35)33(22-27-11-9-25(2)40-27)18-15-26-10-14-29(38-3)30(21-26)39-4/h7-14,21H,5-6,15-20,22-23H2,1-4H3. The molecule has 10 heteroatoms. The van der Waals surface area contributed by atoms with Crippen LogP contribution in [0.2, 0.25) is 0 Å². The van der Waals surface area contributed by atoms with Crippen LogP contribution in [0, 0.1) is 13.8 Å². The molecule has 0 spiro atoms. The van der Waals surface area contributed by atoms with Crippen LogP contribution in [0.4, 0.5) is 0 Å². The first-order valence-electron chi connectivity index (χ1n) is 14.0. The number of hydrogen-bond acceptors (Lipinski definition) is 7. The summed E-state index contributed by atoms with van der Waals surface area (Å²) in [5.74, 6) is 2.36. The van der Waals surface area contributed by atoms with Crippen molar-refractivity contribution < 1.29 is 27.1 Å². The van der Waals surface area contributed by atoms with Crippen LogP contribution in [-0.4, -0.2) is 81.9 Å². The molecule has 1 aliphatic heterocycles.